The largest absolute Gasteiger partial charge is 0.507 e. The second-order valence-electron chi connectivity index (χ2n) is 9.57. The highest BCUT2D eigenvalue weighted by atomic mass is 19.1. The van der Waals surface area contributed by atoms with Crippen LogP contribution in [-0.4, -0.2) is 23.4 Å². The number of aliphatic hydroxyl groups excluding tert-OH is 1. The van der Waals surface area contributed by atoms with Crippen LogP contribution >= 0.6 is 0 Å². The number of hydrogen-bond donors (Lipinski definition) is 1. The van der Waals surface area contributed by atoms with Crippen molar-refractivity contribution in [3.8, 4) is 5.75 Å². The SMILES string of the molecule is CCOc1ccc(/C(O)=C2/C(=O)C(=O)N(c3ccc(F)cc3F)C2c2ccccc2)cc1C(C)(C)C. The van der Waals surface area contributed by atoms with Crippen molar-refractivity contribution in [1.82, 2.24) is 0 Å². The normalized spacial score (nSPS) is 17.5. The van der Waals surface area contributed by atoms with Crippen molar-refractivity contribution in [1.29, 1.82) is 0 Å². The molecule has 186 valence electrons. The molecule has 1 N–H and O–H groups in total. The van der Waals surface area contributed by atoms with E-state index in [2.05, 4.69) is 0 Å². The molecule has 0 radical (unpaired) electrons. The van der Waals surface area contributed by atoms with Gasteiger partial charge in [-0.1, -0.05) is 51.1 Å². The third-order valence-corrected chi connectivity index (χ3v) is 6.09. The predicted molar refractivity (Wildman–Crippen MR) is 134 cm³/mol. The standard InChI is InChI=1S/C29H27F2NO4/c1-5-36-23-14-11-18(15-20(23)29(2,3)4)26(33)24-25(17-9-7-6-8-10-17)32(28(35)27(24)34)22-13-12-19(30)16-21(22)31/h6-16,25,33H,5H2,1-4H3/b26-24-. The van der Waals surface area contributed by atoms with E-state index < -0.39 is 29.4 Å². The van der Waals surface area contributed by atoms with Crippen molar-refractivity contribution in [2.75, 3.05) is 11.5 Å². The van der Waals surface area contributed by atoms with Gasteiger partial charge in [0.05, 0.1) is 23.9 Å². The minimum atomic E-state index is -1.11. The van der Waals surface area contributed by atoms with E-state index in [0.29, 0.717) is 29.5 Å². The zero-order chi connectivity index (χ0) is 26.2. The van der Waals surface area contributed by atoms with Gasteiger partial charge in [0.25, 0.3) is 11.7 Å². The van der Waals surface area contributed by atoms with Crippen molar-refractivity contribution < 1.29 is 28.2 Å². The third kappa shape index (κ3) is 4.49. The molecule has 36 heavy (non-hydrogen) atoms. The van der Waals surface area contributed by atoms with Crippen LogP contribution in [0.25, 0.3) is 5.76 Å². The molecule has 4 rings (SSSR count). The first-order valence-electron chi connectivity index (χ1n) is 11.6. The Balaban J connectivity index is 1.95. The number of aliphatic hydroxyl groups is 1. The summed E-state index contributed by atoms with van der Waals surface area (Å²) in [6.45, 7) is 8.31. The van der Waals surface area contributed by atoms with E-state index in [1.165, 1.54) is 0 Å². The number of hydrogen-bond acceptors (Lipinski definition) is 4. The molecule has 1 amide bonds. The highest BCUT2D eigenvalue weighted by Gasteiger charge is 2.47. The lowest BCUT2D eigenvalue weighted by molar-refractivity contribution is -0.132. The molecule has 0 aromatic heterocycles. The number of halogens is 2. The molecule has 3 aromatic rings. The summed E-state index contributed by atoms with van der Waals surface area (Å²) in [5, 5.41) is 11.4. The summed E-state index contributed by atoms with van der Waals surface area (Å²) in [7, 11) is 0. The van der Waals surface area contributed by atoms with E-state index in [0.717, 1.165) is 22.6 Å². The number of Topliss-reactive ketones (excluding diaryl/α,β-unsaturated/α-hetero) is 1. The third-order valence-electron chi connectivity index (χ3n) is 6.09. The average molecular weight is 492 g/mol. The van der Waals surface area contributed by atoms with Crippen molar-refractivity contribution in [2.24, 2.45) is 0 Å². The van der Waals surface area contributed by atoms with Crippen molar-refractivity contribution in [3.63, 3.8) is 0 Å². The van der Waals surface area contributed by atoms with Crippen molar-refractivity contribution in [3.05, 3.63) is 101 Å². The number of ether oxygens (including phenoxy) is 1. The summed E-state index contributed by atoms with van der Waals surface area (Å²) in [6.07, 6.45) is 0. The maximum absolute atomic E-state index is 14.8. The number of carbonyl (C=O) groups is 2. The predicted octanol–water partition coefficient (Wildman–Crippen LogP) is 6.29. The van der Waals surface area contributed by atoms with Gasteiger partial charge < -0.3 is 9.84 Å². The summed E-state index contributed by atoms with van der Waals surface area (Å²) in [5.74, 6) is -3.52. The maximum atomic E-state index is 14.8. The van der Waals surface area contributed by atoms with Gasteiger partial charge in [-0.05, 0) is 48.2 Å². The second-order valence-corrected chi connectivity index (χ2v) is 9.57. The van der Waals surface area contributed by atoms with Crippen LogP contribution in [0.3, 0.4) is 0 Å². The van der Waals surface area contributed by atoms with Crippen molar-refractivity contribution >= 4 is 23.1 Å². The lowest BCUT2D eigenvalue weighted by atomic mass is 9.84. The molecule has 0 saturated carbocycles. The van der Waals surface area contributed by atoms with Crippen LogP contribution < -0.4 is 9.64 Å². The molecule has 1 fully saturated rings. The first-order valence-corrected chi connectivity index (χ1v) is 11.6. The van der Waals surface area contributed by atoms with E-state index in [1.807, 2.05) is 27.7 Å². The Morgan fingerprint density at radius 1 is 1.00 bits per heavy atom. The van der Waals surface area contributed by atoms with Crippen LogP contribution in [0.1, 0.15) is 50.4 Å². The van der Waals surface area contributed by atoms with Crippen LogP contribution in [0.4, 0.5) is 14.5 Å². The summed E-state index contributed by atoms with van der Waals surface area (Å²) < 4.78 is 34.2. The molecule has 0 spiro atoms. The molecule has 3 aromatic carbocycles. The lowest BCUT2D eigenvalue weighted by Crippen LogP contribution is -2.30. The summed E-state index contributed by atoms with van der Waals surface area (Å²) in [5.41, 5.74) is 0.838. The highest BCUT2D eigenvalue weighted by molar-refractivity contribution is 6.51. The summed E-state index contributed by atoms with van der Waals surface area (Å²) >= 11 is 0. The number of nitrogens with zero attached hydrogens (tertiary/aromatic N) is 1. The fraction of sp³-hybridized carbons (Fsp3) is 0.241. The maximum Gasteiger partial charge on any atom is 0.300 e. The van der Waals surface area contributed by atoms with Gasteiger partial charge in [-0.2, -0.15) is 0 Å². The van der Waals surface area contributed by atoms with Gasteiger partial charge in [-0.15, -0.1) is 0 Å². The van der Waals surface area contributed by atoms with Gasteiger partial charge in [0, 0.05) is 17.2 Å². The minimum Gasteiger partial charge on any atom is -0.507 e. The Morgan fingerprint density at radius 3 is 2.31 bits per heavy atom. The Labute approximate surface area is 208 Å². The molecule has 1 heterocycles. The first kappa shape index (κ1) is 25.1. The zero-order valence-electron chi connectivity index (χ0n) is 20.5. The first-order chi connectivity index (χ1) is 17.0. The number of rotatable bonds is 5. The van der Waals surface area contributed by atoms with E-state index in [1.54, 1.807) is 48.5 Å². The molecule has 1 saturated heterocycles. The molecule has 5 nitrogen and oxygen atoms in total. The molecule has 1 unspecified atom stereocenters. The molecule has 1 aliphatic heterocycles. The summed E-state index contributed by atoms with van der Waals surface area (Å²) in [6, 6.07) is 15.3. The van der Waals surface area contributed by atoms with Gasteiger partial charge in [0.15, 0.2) is 0 Å². The highest BCUT2D eigenvalue weighted by Crippen LogP contribution is 2.43. The van der Waals surface area contributed by atoms with Crippen LogP contribution in [0.5, 0.6) is 5.75 Å². The molecule has 0 bridgehead atoms. The van der Waals surface area contributed by atoms with Crippen molar-refractivity contribution in [2.45, 2.75) is 39.2 Å². The van der Waals surface area contributed by atoms with Gasteiger partial charge in [0.2, 0.25) is 0 Å². The Bertz CT molecular complexity index is 1360. The van der Waals surface area contributed by atoms with Crippen LogP contribution in [-0.2, 0) is 15.0 Å². The number of anilines is 1. The van der Waals surface area contributed by atoms with Gasteiger partial charge in [-0.25, -0.2) is 8.78 Å². The number of amides is 1. The number of carbonyl (C=O) groups excluding carboxylic acids is 2. The molecule has 0 aliphatic carbocycles. The second kappa shape index (κ2) is 9.57. The van der Waals surface area contributed by atoms with E-state index in [-0.39, 0.29) is 22.4 Å². The van der Waals surface area contributed by atoms with Crippen LogP contribution in [0.2, 0.25) is 0 Å². The number of benzene rings is 3. The van der Waals surface area contributed by atoms with E-state index >= 15 is 0 Å². The average Bonchev–Trinajstić information content (AvgIpc) is 3.09. The molecule has 7 heteroatoms. The fourth-order valence-electron chi connectivity index (χ4n) is 4.41. The Kier molecular flexibility index (Phi) is 6.67. The van der Waals surface area contributed by atoms with E-state index in [4.69, 9.17) is 4.74 Å². The molecule has 1 aliphatic rings. The quantitative estimate of drug-likeness (QED) is 0.259. The van der Waals surface area contributed by atoms with Crippen LogP contribution in [0, 0.1) is 11.6 Å². The number of ketones is 1. The van der Waals surface area contributed by atoms with Gasteiger partial charge in [0.1, 0.15) is 23.1 Å². The van der Waals surface area contributed by atoms with Gasteiger partial charge in [-0.3, -0.25) is 14.5 Å². The fourth-order valence-corrected chi connectivity index (χ4v) is 4.41. The molecule has 1 atom stereocenters. The Hall–Kier alpha value is -4.00. The Morgan fingerprint density at radius 2 is 1.69 bits per heavy atom. The summed E-state index contributed by atoms with van der Waals surface area (Å²) in [4.78, 5) is 27.4. The van der Waals surface area contributed by atoms with E-state index in [9.17, 15) is 23.5 Å². The zero-order valence-corrected chi connectivity index (χ0v) is 20.5. The molecular weight excluding hydrogens is 464 g/mol. The lowest BCUT2D eigenvalue weighted by Gasteiger charge is -2.26. The monoisotopic (exact) mass is 491 g/mol. The van der Waals surface area contributed by atoms with Crippen LogP contribution in [0.15, 0.2) is 72.3 Å². The van der Waals surface area contributed by atoms with Gasteiger partial charge >= 0.3 is 0 Å². The smallest absolute Gasteiger partial charge is 0.300 e. The topological polar surface area (TPSA) is 66.8 Å². The minimum absolute atomic E-state index is 0.182. The molecular formula is C29H27F2NO4.